The van der Waals surface area contributed by atoms with E-state index in [0.717, 1.165) is 24.9 Å². The molecule has 1 fully saturated rings. The molecule has 0 spiro atoms. The predicted molar refractivity (Wildman–Crippen MR) is 75.2 cm³/mol. The molecule has 0 atom stereocenters. The summed E-state index contributed by atoms with van der Waals surface area (Å²) in [4.78, 5) is 7.16. The van der Waals surface area contributed by atoms with Gasteiger partial charge in [-0.1, -0.05) is 20.8 Å². The molecule has 1 aliphatic rings. The van der Waals surface area contributed by atoms with E-state index >= 15 is 0 Å². The molecule has 0 bridgehead atoms. The van der Waals surface area contributed by atoms with Gasteiger partial charge in [0.1, 0.15) is 0 Å². The van der Waals surface area contributed by atoms with Crippen LogP contribution in [0.1, 0.15) is 52.1 Å². The standard InChI is InChI=1S/C15H27N3/c1-15(2,3)13-6-4-12(5-7-13)8-16-9-14-10-17-11-18-14/h10-13,16H,4-9H2,1-3H3,(H,17,18). The van der Waals surface area contributed by atoms with Crippen molar-refractivity contribution in [2.75, 3.05) is 6.54 Å². The maximum Gasteiger partial charge on any atom is 0.0922 e. The van der Waals surface area contributed by atoms with Gasteiger partial charge in [0.2, 0.25) is 0 Å². The molecule has 1 aliphatic carbocycles. The highest BCUT2D eigenvalue weighted by Gasteiger charge is 2.29. The zero-order valence-corrected chi connectivity index (χ0v) is 12.0. The van der Waals surface area contributed by atoms with Crippen molar-refractivity contribution >= 4 is 0 Å². The lowest BCUT2D eigenvalue weighted by atomic mass is 9.70. The fourth-order valence-corrected chi connectivity index (χ4v) is 3.02. The van der Waals surface area contributed by atoms with Crippen molar-refractivity contribution in [2.45, 2.75) is 53.0 Å². The van der Waals surface area contributed by atoms with E-state index in [0.29, 0.717) is 5.41 Å². The topological polar surface area (TPSA) is 40.7 Å². The molecule has 3 nitrogen and oxygen atoms in total. The summed E-state index contributed by atoms with van der Waals surface area (Å²) in [5.41, 5.74) is 1.67. The summed E-state index contributed by atoms with van der Waals surface area (Å²) in [6.07, 6.45) is 9.21. The maximum absolute atomic E-state index is 4.03. The van der Waals surface area contributed by atoms with E-state index in [-0.39, 0.29) is 0 Å². The van der Waals surface area contributed by atoms with Crippen LogP contribution < -0.4 is 5.32 Å². The van der Waals surface area contributed by atoms with Crippen LogP contribution in [-0.4, -0.2) is 16.5 Å². The van der Waals surface area contributed by atoms with Crippen molar-refractivity contribution in [2.24, 2.45) is 17.3 Å². The van der Waals surface area contributed by atoms with Gasteiger partial charge in [-0.05, 0) is 49.5 Å². The minimum Gasteiger partial charge on any atom is -0.347 e. The van der Waals surface area contributed by atoms with Crippen LogP contribution in [0.4, 0.5) is 0 Å². The highest BCUT2D eigenvalue weighted by molar-refractivity contribution is 4.93. The second-order valence-electron chi connectivity index (χ2n) is 6.79. The van der Waals surface area contributed by atoms with Gasteiger partial charge in [-0.3, -0.25) is 0 Å². The smallest absolute Gasteiger partial charge is 0.0922 e. The molecule has 1 aromatic heterocycles. The van der Waals surface area contributed by atoms with Gasteiger partial charge in [-0.2, -0.15) is 0 Å². The van der Waals surface area contributed by atoms with Gasteiger partial charge in [0.05, 0.1) is 6.33 Å². The van der Waals surface area contributed by atoms with Crippen molar-refractivity contribution in [3.05, 3.63) is 18.2 Å². The van der Waals surface area contributed by atoms with Gasteiger partial charge in [-0.25, -0.2) is 4.98 Å². The number of nitrogens with one attached hydrogen (secondary N) is 2. The first-order valence-electron chi connectivity index (χ1n) is 7.23. The summed E-state index contributed by atoms with van der Waals surface area (Å²) in [5.74, 6) is 1.79. The van der Waals surface area contributed by atoms with Crippen LogP contribution in [0.2, 0.25) is 0 Å². The molecule has 0 aromatic carbocycles. The Kier molecular flexibility index (Phi) is 4.44. The molecule has 0 saturated heterocycles. The molecule has 3 heteroatoms. The zero-order chi connectivity index (χ0) is 13.0. The van der Waals surface area contributed by atoms with Crippen LogP contribution in [0.5, 0.6) is 0 Å². The Balaban J connectivity index is 1.65. The highest BCUT2D eigenvalue weighted by atomic mass is 14.9. The zero-order valence-electron chi connectivity index (χ0n) is 12.0. The monoisotopic (exact) mass is 249 g/mol. The molecule has 0 amide bonds. The van der Waals surface area contributed by atoms with Crippen LogP contribution in [0.15, 0.2) is 12.5 Å². The molecule has 0 radical (unpaired) electrons. The molecular formula is C15H27N3. The number of hydrogen-bond donors (Lipinski definition) is 2. The van der Waals surface area contributed by atoms with Crippen LogP contribution >= 0.6 is 0 Å². The van der Waals surface area contributed by atoms with Crippen molar-refractivity contribution in [3.63, 3.8) is 0 Å². The first kappa shape index (κ1) is 13.6. The van der Waals surface area contributed by atoms with E-state index < -0.39 is 0 Å². The second kappa shape index (κ2) is 5.87. The van der Waals surface area contributed by atoms with E-state index in [1.807, 2.05) is 6.20 Å². The summed E-state index contributed by atoms with van der Waals surface area (Å²) in [7, 11) is 0. The molecule has 1 saturated carbocycles. The number of rotatable bonds is 4. The summed E-state index contributed by atoms with van der Waals surface area (Å²) in [6, 6.07) is 0. The van der Waals surface area contributed by atoms with Gasteiger partial charge in [-0.15, -0.1) is 0 Å². The van der Waals surface area contributed by atoms with E-state index in [2.05, 4.69) is 36.1 Å². The minimum atomic E-state index is 0.494. The Morgan fingerprint density at radius 1 is 1.28 bits per heavy atom. The van der Waals surface area contributed by atoms with Crippen molar-refractivity contribution in [1.29, 1.82) is 0 Å². The van der Waals surface area contributed by atoms with E-state index in [1.165, 1.54) is 31.4 Å². The van der Waals surface area contributed by atoms with Crippen LogP contribution in [-0.2, 0) is 6.54 Å². The van der Waals surface area contributed by atoms with Crippen molar-refractivity contribution in [1.82, 2.24) is 15.3 Å². The lowest BCUT2D eigenvalue weighted by Crippen LogP contribution is -2.30. The Hall–Kier alpha value is -0.830. The van der Waals surface area contributed by atoms with Crippen LogP contribution in [0, 0.1) is 17.3 Å². The molecule has 2 N–H and O–H groups in total. The molecule has 102 valence electrons. The third kappa shape index (κ3) is 3.84. The van der Waals surface area contributed by atoms with Gasteiger partial charge < -0.3 is 10.3 Å². The Labute approximate surface area is 111 Å². The van der Waals surface area contributed by atoms with Gasteiger partial charge in [0.15, 0.2) is 0 Å². The molecule has 0 unspecified atom stereocenters. The number of aromatic amines is 1. The molecular weight excluding hydrogens is 222 g/mol. The van der Waals surface area contributed by atoms with Crippen molar-refractivity contribution < 1.29 is 0 Å². The summed E-state index contributed by atoms with van der Waals surface area (Å²) >= 11 is 0. The molecule has 0 aliphatic heterocycles. The molecule has 18 heavy (non-hydrogen) atoms. The Bertz CT molecular complexity index is 329. The average molecular weight is 249 g/mol. The third-order valence-corrected chi connectivity index (χ3v) is 4.37. The van der Waals surface area contributed by atoms with Crippen molar-refractivity contribution in [3.8, 4) is 0 Å². The molecule has 1 aromatic rings. The van der Waals surface area contributed by atoms with E-state index in [4.69, 9.17) is 0 Å². The Morgan fingerprint density at radius 3 is 2.56 bits per heavy atom. The summed E-state index contributed by atoms with van der Waals surface area (Å²) in [5, 5.41) is 3.54. The Morgan fingerprint density at radius 2 is 2.00 bits per heavy atom. The molecule has 1 heterocycles. The SMILES string of the molecule is CC(C)(C)C1CCC(CNCc2cnc[nH]2)CC1. The largest absolute Gasteiger partial charge is 0.347 e. The first-order chi connectivity index (χ1) is 8.55. The van der Waals surface area contributed by atoms with Gasteiger partial charge in [0, 0.05) is 18.4 Å². The van der Waals surface area contributed by atoms with E-state index in [1.54, 1.807) is 6.33 Å². The minimum absolute atomic E-state index is 0.494. The maximum atomic E-state index is 4.03. The quantitative estimate of drug-likeness (QED) is 0.859. The fraction of sp³-hybridized carbons (Fsp3) is 0.800. The molecule has 2 rings (SSSR count). The van der Waals surface area contributed by atoms with E-state index in [9.17, 15) is 0 Å². The summed E-state index contributed by atoms with van der Waals surface area (Å²) in [6.45, 7) is 9.21. The normalized spacial score (nSPS) is 25.3. The fourth-order valence-electron chi connectivity index (χ4n) is 3.02. The number of aromatic nitrogens is 2. The number of nitrogens with zero attached hydrogens (tertiary/aromatic N) is 1. The number of H-pyrrole nitrogens is 1. The van der Waals surface area contributed by atoms with Gasteiger partial charge >= 0.3 is 0 Å². The lowest BCUT2D eigenvalue weighted by Gasteiger charge is -2.37. The highest BCUT2D eigenvalue weighted by Crippen LogP contribution is 2.39. The van der Waals surface area contributed by atoms with Crippen LogP contribution in [0.25, 0.3) is 0 Å². The third-order valence-electron chi connectivity index (χ3n) is 4.37. The lowest BCUT2D eigenvalue weighted by molar-refractivity contribution is 0.149. The second-order valence-corrected chi connectivity index (χ2v) is 6.79. The van der Waals surface area contributed by atoms with Gasteiger partial charge in [0.25, 0.3) is 0 Å². The number of imidazole rings is 1. The number of hydrogen-bond acceptors (Lipinski definition) is 2. The summed E-state index contributed by atoms with van der Waals surface area (Å²) < 4.78 is 0. The first-order valence-corrected chi connectivity index (χ1v) is 7.23. The van der Waals surface area contributed by atoms with Crippen LogP contribution in [0.3, 0.4) is 0 Å². The average Bonchev–Trinajstić information content (AvgIpc) is 2.82. The predicted octanol–water partition coefficient (Wildman–Crippen LogP) is 3.35.